The Morgan fingerprint density at radius 2 is 2.02 bits per heavy atom. The van der Waals surface area contributed by atoms with Gasteiger partial charge in [0.25, 0.3) is 5.56 Å². The van der Waals surface area contributed by atoms with Crippen LogP contribution < -0.4 is 22.7 Å². The van der Waals surface area contributed by atoms with Crippen LogP contribution in [-0.4, -0.2) is 84.2 Å². The van der Waals surface area contributed by atoms with Gasteiger partial charge in [-0.1, -0.05) is 0 Å². The number of anilines is 2. The van der Waals surface area contributed by atoms with Gasteiger partial charge in [-0.25, -0.2) is 23.9 Å². The minimum Gasteiger partial charge on any atom is -0.468 e. The Bertz CT molecular complexity index is 1690. The van der Waals surface area contributed by atoms with Gasteiger partial charge in [-0.2, -0.15) is 9.97 Å². The van der Waals surface area contributed by atoms with E-state index in [1.807, 2.05) is 6.92 Å². The van der Waals surface area contributed by atoms with Crippen LogP contribution in [0.3, 0.4) is 0 Å². The fourth-order valence-electron chi connectivity index (χ4n) is 5.15. The predicted molar refractivity (Wildman–Crippen MR) is 152 cm³/mol. The SMILES string of the molecule is CCOCC1=C(OP(=O)(O)OCCC2(OCC)COCC2Cn2cnc3c(=O)[nH]c(N)nc32)C[C@H](n2cnc(N)nc2=O)O1. The maximum atomic E-state index is 13.1. The quantitative estimate of drug-likeness (QED) is 0.170. The van der Waals surface area contributed by atoms with Gasteiger partial charge in [-0.3, -0.25) is 19.2 Å². The molecule has 1 saturated heterocycles. The first kappa shape index (κ1) is 31.6. The zero-order chi connectivity index (χ0) is 31.5. The number of hydrogen-bond acceptors (Lipinski definition) is 15. The summed E-state index contributed by atoms with van der Waals surface area (Å²) in [5.74, 6) is -0.397. The molecule has 1 fully saturated rings. The number of nitrogens with one attached hydrogen (secondary N) is 1. The highest BCUT2D eigenvalue weighted by atomic mass is 31.2. The molecule has 0 radical (unpaired) electrons. The molecule has 3 aromatic rings. The largest absolute Gasteiger partial charge is 0.527 e. The van der Waals surface area contributed by atoms with Crippen molar-refractivity contribution in [1.29, 1.82) is 0 Å². The van der Waals surface area contributed by atoms with E-state index in [0.717, 1.165) is 10.9 Å². The third-order valence-electron chi connectivity index (χ3n) is 7.20. The monoisotopic (exact) mass is 639 g/mol. The van der Waals surface area contributed by atoms with E-state index in [0.29, 0.717) is 32.0 Å². The Balaban J connectivity index is 1.26. The van der Waals surface area contributed by atoms with Crippen molar-refractivity contribution in [2.75, 3.05) is 51.1 Å². The highest BCUT2D eigenvalue weighted by Gasteiger charge is 2.46. The first-order chi connectivity index (χ1) is 21.0. The van der Waals surface area contributed by atoms with Crippen molar-refractivity contribution in [2.45, 2.75) is 45.1 Å². The maximum absolute atomic E-state index is 13.1. The van der Waals surface area contributed by atoms with Crippen molar-refractivity contribution in [3.63, 3.8) is 0 Å². The van der Waals surface area contributed by atoms with Gasteiger partial charge in [0.15, 0.2) is 28.9 Å². The molecule has 20 heteroatoms. The van der Waals surface area contributed by atoms with E-state index in [9.17, 15) is 19.0 Å². The van der Waals surface area contributed by atoms with Crippen molar-refractivity contribution < 1.29 is 37.5 Å². The van der Waals surface area contributed by atoms with Crippen LogP contribution in [0.1, 0.15) is 32.9 Å². The second-order valence-electron chi connectivity index (χ2n) is 10.0. The normalized spacial score (nSPS) is 23.2. The van der Waals surface area contributed by atoms with Crippen LogP contribution in [-0.2, 0) is 39.1 Å². The molecule has 6 N–H and O–H groups in total. The molecule has 0 saturated carbocycles. The standard InChI is InChI=1S/C24H34N9O10P/c1-3-38-10-16-15(7-17(42-16)33-13-28-21(25)31-23(33)35)43-44(36,37)41-6-5-24(40-4-2)11-39-9-14(24)8-32-12-27-18-19(32)29-22(26)30-20(18)34/h12-14,17H,3-11H2,1-2H3,(H,36,37)(H2,25,31,35)(H3,26,29,30,34)/t14?,17-,24?/m1/s1. The molecule has 0 aromatic carbocycles. The lowest BCUT2D eigenvalue weighted by molar-refractivity contribution is -0.0818. The second kappa shape index (κ2) is 13.0. The molecule has 0 spiro atoms. The van der Waals surface area contributed by atoms with Crippen molar-refractivity contribution in [2.24, 2.45) is 5.92 Å². The van der Waals surface area contributed by atoms with E-state index in [-0.39, 0.29) is 67.5 Å². The van der Waals surface area contributed by atoms with Crippen LogP contribution in [0.4, 0.5) is 11.9 Å². The van der Waals surface area contributed by atoms with Gasteiger partial charge in [0, 0.05) is 32.1 Å². The van der Waals surface area contributed by atoms with Crippen LogP contribution in [0.2, 0.25) is 0 Å². The Morgan fingerprint density at radius 1 is 1.20 bits per heavy atom. The highest BCUT2D eigenvalue weighted by molar-refractivity contribution is 7.47. The second-order valence-corrected chi connectivity index (χ2v) is 11.4. The number of nitrogen functional groups attached to an aromatic ring is 2. The molecule has 5 heterocycles. The fourth-order valence-corrected chi connectivity index (χ4v) is 5.98. The van der Waals surface area contributed by atoms with Crippen molar-refractivity contribution in [1.82, 2.24) is 34.1 Å². The highest BCUT2D eigenvalue weighted by Crippen LogP contribution is 2.50. The van der Waals surface area contributed by atoms with Gasteiger partial charge in [-0.15, -0.1) is 0 Å². The number of hydrogen-bond donors (Lipinski definition) is 4. The summed E-state index contributed by atoms with van der Waals surface area (Å²) in [5, 5.41) is 0. The van der Waals surface area contributed by atoms with Gasteiger partial charge in [0.1, 0.15) is 18.5 Å². The minimum absolute atomic E-state index is 0.0200. The van der Waals surface area contributed by atoms with E-state index in [1.54, 1.807) is 11.5 Å². The fraction of sp³-hybridized carbons (Fsp3) is 0.583. The van der Waals surface area contributed by atoms with E-state index in [1.165, 1.54) is 6.33 Å². The minimum atomic E-state index is -4.68. The average Bonchev–Trinajstić information content (AvgIpc) is 3.65. The Hall–Kier alpha value is -3.87. The van der Waals surface area contributed by atoms with Crippen molar-refractivity contribution in [3.8, 4) is 0 Å². The van der Waals surface area contributed by atoms with Gasteiger partial charge in [-0.05, 0) is 13.8 Å². The number of aromatic nitrogens is 7. The number of nitrogens with two attached hydrogens (primary N) is 2. The Morgan fingerprint density at radius 3 is 2.77 bits per heavy atom. The Kier molecular flexibility index (Phi) is 9.33. The number of aromatic amines is 1. The number of rotatable bonds is 14. The van der Waals surface area contributed by atoms with Crippen LogP contribution in [0.15, 0.2) is 33.8 Å². The first-order valence-electron chi connectivity index (χ1n) is 13.8. The molecule has 240 valence electrons. The summed E-state index contributed by atoms with van der Waals surface area (Å²) in [5.41, 5.74) is 9.59. The van der Waals surface area contributed by atoms with Crippen LogP contribution >= 0.6 is 7.82 Å². The number of nitrogens with zero attached hydrogens (tertiary/aromatic N) is 6. The molecule has 19 nitrogen and oxygen atoms in total. The molecule has 2 aliphatic heterocycles. The number of ether oxygens (including phenoxy) is 4. The number of phosphoric acid groups is 1. The summed E-state index contributed by atoms with van der Waals surface area (Å²) in [4.78, 5) is 53.3. The van der Waals surface area contributed by atoms with Crippen molar-refractivity contribution in [3.05, 3.63) is 45.0 Å². The molecule has 3 aromatic heterocycles. The molecule has 44 heavy (non-hydrogen) atoms. The summed E-state index contributed by atoms with van der Waals surface area (Å²) < 4.78 is 49.7. The summed E-state index contributed by atoms with van der Waals surface area (Å²) in [7, 11) is -4.68. The molecule has 0 aliphatic carbocycles. The van der Waals surface area contributed by atoms with E-state index < -0.39 is 30.9 Å². The number of H-pyrrole nitrogens is 1. The molecular formula is C24H34N9O10P. The number of phosphoric ester groups is 1. The number of imidazole rings is 1. The van der Waals surface area contributed by atoms with Gasteiger partial charge >= 0.3 is 13.5 Å². The zero-order valence-electron chi connectivity index (χ0n) is 24.1. The van der Waals surface area contributed by atoms with Gasteiger partial charge < -0.3 is 39.5 Å². The summed E-state index contributed by atoms with van der Waals surface area (Å²) >= 11 is 0. The van der Waals surface area contributed by atoms with Crippen molar-refractivity contribution >= 4 is 30.9 Å². The third kappa shape index (κ3) is 6.77. The molecular weight excluding hydrogens is 605 g/mol. The summed E-state index contributed by atoms with van der Waals surface area (Å²) in [6.45, 7) is 4.79. The lowest BCUT2D eigenvalue weighted by atomic mass is 9.87. The first-order valence-corrected chi connectivity index (χ1v) is 15.3. The molecule has 3 unspecified atom stereocenters. The molecule has 4 atom stereocenters. The van der Waals surface area contributed by atoms with E-state index in [4.69, 9.17) is 39.5 Å². The molecule has 2 aliphatic rings. The predicted octanol–water partition coefficient (Wildman–Crippen LogP) is 0.0483. The van der Waals surface area contributed by atoms with Crippen LogP contribution in [0, 0.1) is 5.92 Å². The number of fused-ring (bicyclic) bond motifs is 1. The van der Waals surface area contributed by atoms with Crippen LogP contribution in [0.25, 0.3) is 11.2 Å². The lowest BCUT2D eigenvalue weighted by Crippen LogP contribution is -2.43. The van der Waals surface area contributed by atoms with E-state index in [2.05, 4.69) is 24.9 Å². The van der Waals surface area contributed by atoms with Crippen LogP contribution in [0.5, 0.6) is 0 Å². The third-order valence-corrected chi connectivity index (χ3v) is 8.16. The summed E-state index contributed by atoms with van der Waals surface area (Å²) in [6.07, 6.45) is 1.77. The smallest absolute Gasteiger partial charge is 0.468 e. The average molecular weight is 640 g/mol. The topological polar surface area (TPSA) is 256 Å². The molecule has 0 bridgehead atoms. The lowest BCUT2D eigenvalue weighted by Gasteiger charge is -2.34. The molecule has 5 rings (SSSR count). The summed E-state index contributed by atoms with van der Waals surface area (Å²) in [6, 6.07) is 0. The van der Waals surface area contributed by atoms with Gasteiger partial charge in [0.2, 0.25) is 11.9 Å². The molecule has 0 amide bonds. The zero-order valence-corrected chi connectivity index (χ0v) is 25.0. The van der Waals surface area contributed by atoms with Gasteiger partial charge in [0.05, 0.1) is 32.6 Å². The Labute approximate surface area is 249 Å². The maximum Gasteiger partial charge on any atom is 0.527 e. The van der Waals surface area contributed by atoms with E-state index >= 15 is 0 Å².